The van der Waals surface area contributed by atoms with Crippen molar-refractivity contribution in [2.75, 3.05) is 13.7 Å². The molecule has 2 aromatic carbocycles. The second kappa shape index (κ2) is 7.46. The zero-order chi connectivity index (χ0) is 17.9. The summed E-state index contributed by atoms with van der Waals surface area (Å²) in [5.41, 5.74) is 1.68. The van der Waals surface area contributed by atoms with Crippen molar-refractivity contribution in [1.29, 1.82) is 0 Å². The van der Waals surface area contributed by atoms with Crippen LogP contribution >= 0.6 is 11.6 Å². The predicted molar refractivity (Wildman–Crippen MR) is 98.0 cm³/mol. The van der Waals surface area contributed by atoms with Crippen LogP contribution in [0.15, 0.2) is 42.5 Å². The van der Waals surface area contributed by atoms with Crippen molar-refractivity contribution in [2.45, 2.75) is 31.3 Å². The largest absolute Gasteiger partial charge is 0.497 e. The van der Waals surface area contributed by atoms with E-state index in [0.29, 0.717) is 11.4 Å². The van der Waals surface area contributed by atoms with Crippen molar-refractivity contribution in [2.24, 2.45) is 0 Å². The van der Waals surface area contributed by atoms with Gasteiger partial charge in [-0.1, -0.05) is 35.9 Å². The molecule has 132 valence electrons. The summed E-state index contributed by atoms with van der Waals surface area (Å²) in [7, 11) is 1.63. The van der Waals surface area contributed by atoms with Gasteiger partial charge < -0.3 is 15.2 Å². The number of hydrogen-bond acceptors (Lipinski definition) is 3. The molecule has 0 spiro atoms. The molecular formula is C20H22ClNO3. The van der Waals surface area contributed by atoms with Crippen LogP contribution in [0.1, 0.15) is 29.5 Å². The highest BCUT2D eigenvalue weighted by molar-refractivity contribution is 6.31. The van der Waals surface area contributed by atoms with Crippen LogP contribution in [0.5, 0.6) is 5.75 Å². The first-order valence-corrected chi connectivity index (χ1v) is 8.79. The molecule has 1 atom stereocenters. The van der Waals surface area contributed by atoms with Crippen LogP contribution in [0.2, 0.25) is 5.02 Å². The molecule has 0 aliphatic heterocycles. The van der Waals surface area contributed by atoms with Gasteiger partial charge in [0.1, 0.15) is 11.4 Å². The topological polar surface area (TPSA) is 58.6 Å². The molecular weight excluding hydrogens is 338 g/mol. The zero-order valence-corrected chi connectivity index (χ0v) is 15.0. The van der Waals surface area contributed by atoms with Gasteiger partial charge in [-0.3, -0.25) is 4.79 Å². The first-order valence-electron chi connectivity index (χ1n) is 8.42. The maximum atomic E-state index is 12.3. The van der Waals surface area contributed by atoms with Crippen molar-refractivity contribution >= 4 is 17.5 Å². The number of hydrogen-bond donors (Lipinski definition) is 2. The smallest absolute Gasteiger partial charge is 0.224 e. The number of benzene rings is 2. The molecule has 0 saturated carbocycles. The minimum Gasteiger partial charge on any atom is -0.497 e. The van der Waals surface area contributed by atoms with Gasteiger partial charge in [0.15, 0.2) is 0 Å². The third kappa shape index (κ3) is 3.97. The molecule has 5 heteroatoms. The Morgan fingerprint density at radius 1 is 1.32 bits per heavy atom. The highest BCUT2D eigenvalue weighted by Gasteiger charge is 2.34. The van der Waals surface area contributed by atoms with Crippen LogP contribution in [0.4, 0.5) is 0 Å². The maximum absolute atomic E-state index is 12.3. The van der Waals surface area contributed by atoms with Crippen LogP contribution in [-0.2, 0) is 23.2 Å². The molecule has 4 nitrogen and oxygen atoms in total. The molecule has 0 saturated heterocycles. The molecule has 25 heavy (non-hydrogen) atoms. The highest BCUT2D eigenvalue weighted by Crippen LogP contribution is 2.36. The Labute approximate surface area is 152 Å². The average molecular weight is 360 g/mol. The van der Waals surface area contributed by atoms with Crippen molar-refractivity contribution in [3.8, 4) is 5.75 Å². The number of nitrogens with one attached hydrogen (secondary N) is 1. The number of carbonyl (C=O) groups excluding carboxylic acids is 1. The van der Waals surface area contributed by atoms with Gasteiger partial charge in [0.25, 0.3) is 0 Å². The van der Waals surface area contributed by atoms with E-state index >= 15 is 0 Å². The Hall–Kier alpha value is -2.04. The SMILES string of the molecule is COc1ccc2c(c1)CCC[C@@]2(O)CNC(=O)Cc1ccccc1Cl. The summed E-state index contributed by atoms with van der Waals surface area (Å²) in [6.45, 7) is 0.190. The number of amides is 1. The van der Waals surface area contributed by atoms with Gasteiger partial charge in [-0.15, -0.1) is 0 Å². The number of rotatable bonds is 5. The Kier molecular flexibility index (Phi) is 5.30. The number of fused-ring (bicyclic) bond motifs is 1. The van der Waals surface area contributed by atoms with Crippen molar-refractivity contribution in [3.05, 3.63) is 64.2 Å². The summed E-state index contributed by atoms with van der Waals surface area (Å²) in [4.78, 5) is 12.3. The van der Waals surface area contributed by atoms with Crippen molar-refractivity contribution in [3.63, 3.8) is 0 Å². The third-order valence-electron chi connectivity index (χ3n) is 4.74. The van der Waals surface area contributed by atoms with Gasteiger partial charge in [0.2, 0.25) is 5.91 Å². The Bertz CT molecular complexity index is 777. The normalized spacial score (nSPS) is 19.2. The fourth-order valence-corrected chi connectivity index (χ4v) is 3.57. The summed E-state index contributed by atoms with van der Waals surface area (Å²) >= 11 is 6.10. The Morgan fingerprint density at radius 2 is 2.12 bits per heavy atom. The third-order valence-corrected chi connectivity index (χ3v) is 5.11. The summed E-state index contributed by atoms with van der Waals surface area (Å²) in [6.07, 6.45) is 2.60. The second-order valence-electron chi connectivity index (χ2n) is 6.45. The lowest BCUT2D eigenvalue weighted by Crippen LogP contribution is -2.43. The van der Waals surface area contributed by atoms with E-state index in [0.717, 1.165) is 35.3 Å². The second-order valence-corrected chi connectivity index (χ2v) is 6.86. The van der Waals surface area contributed by atoms with E-state index in [9.17, 15) is 9.90 Å². The van der Waals surface area contributed by atoms with Crippen LogP contribution in [0.3, 0.4) is 0 Å². The summed E-state index contributed by atoms with van der Waals surface area (Å²) in [5.74, 6) is 0.632. The Balaban J connectivity index is 1.69. The standard InChI is InChI=1S/C20H22ClNO3/c1-25-16-8-9-17-14(11-16)6-4-10-20(17,24)13-22-19(23)12-15-5-2-3-7-18(15)21/h2-3,5,7-9,11,24H,4,6,10,12-13H2,1H3,(H,22,23)/t20-/m1/s1. The predicted octanol–water partition coefficient (Wildman–Crippen LogP) is 3.23. The minimum absolute atomic E-state index is 0.151. The first-order chi connectivity index (χ1) is 12.0. The van der Waals surface area contributed by atoms with E-state index in [1.165, 1.54) is 0 Å². The minimum atomic E-state index is -1.05. The molecule has 0 radical (unpaired) electrons. The molecule has 1 aliphatic rings. The number of aliphatic hydroxyl groups is 1. The number of methoxy groups -OCH3 is 1. The monoisotopic (exact) mass is 359 g/mol. The van der Waals surface area contributed by atoms with Crippen molar-refractivity contribution in [1.82, 2.24) is 5.32 Å². The van der Waals surface area contributed by atoms with E-state index in [2.05, 4.69) is 5.32 Å². The molecule has 3 rings (SSSR count). The lowest BCUT2D eigenvalue weighted by molar-refractivity contribution is -0.122. The van der Waals surface area contributed by atoms with E-state index in [1.54, 1.807) is 13.2 Å². The molecule has 2 N–H and O–H groups in total. The molecule has 0 bridgehead atoms. The summed E-state index contributed by atoms with van der Waals surface area (Å²) < 4.78 is 5.26. The number of aryl methyl sites for hydroxylation is 1. The molecule has 0 fully saturated rings. The maximum Gasteiger partial charge on any atom is 0.224 e. The van der Waals surface area contributed by atoms with E-state index < -0.39 is 5.60 Å². The molecule has 1 amide bonds. The molecule has 1 aliphatic carbocycles. The number of carbonyl (C=O) groups is 1. The molecule has 0 unspecified atom stereocenters. The number of ether oxygens (including phenoxy) is 1. The lowest BCUT2D eigenvalue weighted by Gasteiger charge is -2.35. The highest BCUT2D eigenvalue weighted by atomic mass is 35.5. The lowest BCUT2D eigenvalue weighted by atomic mass is 9.79. The molecule has 0 heterocycles. The number of halogens is 1. The van der Waals surface area contributed by atoms with E-state index in [1.807, 2.05) is 36.4 Å². The van der Waals surface area contributed by atoms with Crippen LogP contribution in [-0.4, -0.2) is 24.7 Å². The fourth-order valence-electron chi connectivity index (χ4n) is 3.37. The average Bonchev–Trinajstić information content (AvgIpc) is 2.62. The molecule has 0 aromatic heterocycles. The van der Waals surface area contributed by atoms with Crippen LogP contribution in [0.25, 0.3) is 0 Å². The van der Waals surface area contributed by atoms with Crippen molar-refractivity contribution < 1.29 is 14.6 Å². The fraction of sp³-hybridized carbons (Fsp3) is 0.350. The summed E-state index contributed by atoms with van der Waals surface area (Å²) in [6, 6.07) is 13.0. The van der Waals surface area contributed by atoms with Gasteiger partial charge in [-0.05, 0) is 54.2 Å². The van der Waals surface area contributed by atoms with E-state index in [-0.39, 0.29) is 18.9 Å². The summed E-state index contributed by atoms with van der Waals surface area (Å²) in [5, 5.41) is 14.5. The Morgan fingerprint density at radius 3 is 2.88 bits per heavy atom. The van der Waals surface area contributed by atoms with Gasteiger partial charge in [-0.25, -0.2) is 0 Å². The van der Waals surface area contributed by atoms with Crippen LogP contribution in [0, 0.1) is 0 Å². The zero-order valence-electron chi connectivity index (χ0n) is 14.2. The van der Waals surface area contributed by atoms with Gasteiger partial charge >= 0.3 is 0 Å². The van der Waals surface area contributed by atoms with E-state index in [4.69, 9.17) is 16.3 Å². The van der Waals surface area contributed by atoms with Gasteiger partial charge in [0, 0.05) is 5.02 Å². The van der Waals surface area contributed by atoms with Gasteiger partial charge in [-0.2, -0.15) is 0 Å². The van der Waals surface area contributed by atoms with Gasteiger partial charge in [0.05, 0.1) is 20.1 Å². The molecule has 2 aromatic rings. The quantitative estimate of drug-likeness (QED) is 0.861. The first kappa shape index (κ1) is 17.8. The van der Waals surface area contributed by atoms with Crippen LogP contribution < -0.4 is 10.1 Å².